The summed E-state index contributed by atoms with van der Waals surface area (Å²) >= 11 is 1.14. The van der Waals surface area contributed by atoms with Gasteiger partial charge in [0.25, 0.3) is 0 Å². The molecule has 15 heavy (non-hydrogen) atoms. The van der Waals surface area contributed by atoms with Crippen molar-refractivity contribution in [3.8, 4) is 12.3 Å². The van der Waals surface area contributed by atoms with E-state index in [0.29, 0.717) is 5.75 Å². The number of hydrogen-bond donors (Lipinski definition) is 4. The van der Waals surface area contributed by atoms with E-state index < -0.39 is 36.5 Å². The molecule has 0 aromatic carbocycles. The van der Waals surface area contributed by atoms with E-state index in [9.17, 15) is 15.3 Å². The van der Waals surface area contributed by atoms with Gasteiger partial charge in [-0.1, -0.05) is 5.92 Å². The first-order valence-corrected chi connectivity index (χ1v) is 5.52. The van der Waals surface area contributed by atoms with Crippen molar-refractivity contribution in [2.24, 2.45) is 0 Å². The van der Waals surface area contributed by atoms with Gasteiger partial charge in [-0.15, -0.1) is 18.2 Å². The zero-order valence-corrected chi connectivity index (χ0v) is 8.80. The maximum absolute atomic E-state index is 9.54. The Morgan fingerprint density at radius 3 is 2.40 bits per heavy atom. The zero-order valence-electron chi connectivity index (χ0n) is 7.98. The summed E-state index contributed by atoms with van der Waals surface area (Å²) in [5.41, 5.74) is -0.725. The van der Waals surface area contributed by atoms with Gasteiger partial charge < -0.3 is 25.2 Å². The minimum Gasteiger partial charge on any atom is -0.394 e. The quantitative estimate of drug-likeness (QED) is 0.429. The van der Waals surface area contributed by atoms with E-state index in [-0.39, 0.29) is 0 Å². The van der Waals surface area contributed by atoms with E-state index in [0.717, 1.165) is 11.8 Å². The lowest BCUT2D eigenvalue weighted by Crippen LogP contribution is -2.57. The Balaban J connectivity index is 2.62. The number of aliphatic hydroxyl groups excluding tert-OH is 4. The summed E-state index contributed by atoms with van der Waals surface area (Å²) in [6.45, 7) is -0.419. The Morgan fingerprint density at radius 2 is 1.87 bits per heavy atom. The first-order valence-electron chi connectivity index (χ1n) is 4.47. The second-order valence-electron chi connectivity index (χ2n) is 3.21. The molecule has 0 spiro atoms. The molecule has 86 valence electrons. The molecule has 1 saturated heterocycles. The highest BCUT2D eigenvalue weighted by atomic mass is 32.2. The van der Waals surface area contributed by atoms with Gasteiger partial charge in [-0.05, 0) is 0 Å². The Kier molecular flexibility index (Phi) is 4.86. The van der Waals surface area contributed by atoms with Crippen LogP contribution < -0.4 is 0 Å². The highest BCUT2D eigenvalue weighted by Crippen LogP contribution is 2.27. The van der Waals surface area contributed by atoms with Gasteiger partial charge in [0.2, 0.25) is 0 Å². The van der Waals surface area contributed by atoms with Crippen molar-refractivity contribution >= 4 is 11.8 Å². The fourth-order valence-electron chi connectivity index (χ4n) is 1.34. The highest BCUT2D eigenvalue weighted by molar-refractivity contribution is 8.00. The van der Waals surface area contributed by atoms with Crippen molar-refractivity contribution in [3.63, 3.8) is 0 Å². The van der Waals surface area contributed by atoms with Gasteiger partial charge in [0, 0.05) is 0 Å². The molecule has 0 aromatic heterocycles. The van der Waals surface area contributed by atoms with Crippen LogP contribution in [0.15, 0.2) is 0 Å². The predicted octanol–water partition coefficient (Wildman–Crippen LogP) is -1.85. The number of terminal acetylenes is 1. The summed E-state index contributed by atoms with van der Waals surface area (Å²) < 4.78 is 5.19. The number of hydrogen-bond acceptors (Lipinski definition) is 6. The second kappa shape index (κ2) is 5.70. The van der Waals surface area contributed by atoms with Crippen LogP contribution in [0.5, 0.6) is 0 Å². The molecular weight excluding hydrogens is 220 g/mol. The Bertz CT molecular complexity index is 239. The number of aliphatic hydroxyl groups is 4. The van der Waals surface area contributed by atoms with Gasteiger partial charge in [0.15, 0.2) is 0 Å². The van der Waals surface area contributed by atoms with Crippen LogP contribution in [0.1, 0.15) is 0 Å². The Labute approximate surface area is 92.1 Å². The number of thioether (sulfide) groups is 1. The molecule has 4 N–H and O–H groups in total. The topological polar surface area (TPSA) is 90.2 Å². The molecule has 0 saturated carbocycles. The minimum atomic E-state index is -1.33. The molecule has 0 bridgehead atoms. The second-order valence-corrected chi connectivity index (χ2v) is 4.30. The normalized spacial score (nSPS) is 41.1. The standard InChI is InChI=1S/C9H14O5S/c1-2-3-15-9-8(13)7(12)6(11)5(4-10)14-9/h1,5-13H,3-4H2/t5-,6+,7+,8-,9+/m1/s1. The summed E-state index contributed by atoms with van der Waals surface area (Å²) in [7, 11) is 0. The van der Waals surface area contributed by atoms with Gasteiger partial charge >= 0.3 is 0 Å². The van der Waals surface area contributed by atoms with Crippen LogP contribution in [-0.4, -0.2) is 62.6 Å². The van der Waals surface area contributed by atoms with Crippen LogP contribution in [0.4, 0.5) is 0 Å². The molecule has 0 amide bonds. The van der Waals surface area contributed by atoms with E-state index in [2.05, 4.69) is 5.92 Å². The zero-order chi connectivity index (χ0) is 11.4. The van der Waals surface area contributed by atoms with E-state index >= 15 is 0 Å². The van der Waals surface area contributed by atoms with Gasteiger partial charge in [-0.2, -0.15) is 0 Å². The average molecular weight is 234 g/mol. The van der Waals surface area contributed by atoms with Crippen molar-refractivity contribution in [1.29, 1.82) is 0 Å². The molecule has 5 nitrogen and oxygen atoms in total. The molecule has 6 heteroatoms. The maximum Gasteiger partial charge on any atom is 0.133 e. The summed E-state index contributed by atoms with van der Waals surface area (Å²) in [6, 6.07) is 0. The van der Waals surface area contributed by atoms with Crippen molar-refractivity contribution in [1.82, 2.24) is 0 Å². The third-order valence-corrected chi connectivity index (χ3v) is 3.23. The molecular formula is C9H14O5S. The van der Waals surface area contributed by atoms with Crippen LogP contribution in [0.25, 0.3) is 0 Å². The van der Waals surface area contributed by atoms with E-state index in [4.69, 9.17) is 16.3 Å². The van der Waals surface area contributed by atoms with E-state index in [1.165, 1.54) is 0 Å². The van der Waals surface area contributed by atoms with Crippen LogP contribution in [0, 0.1) is 12.3 Å². The van der Waals surface area contributed by atoms with Crippen molar-refractivity contribution in [2.45, 2.75) is 29.9 Å². The van der Waals surface area contributed by atoms with Gasteiger partial charge in [0.1, 0.15) is 29.9 Å². The molecule has 1 heterocycles. The molecule has 1 aliphatic heterocycles. The van der Waals surface area contributed by atoms with Crippen LogP contribution in [0.2, 0.25) is 0 Å². The summed E-state index contributed by atoms with van der Waals surface area (Å²) in [5.74, 6) is 2.68. The van der Waals surface area contributed by atoms with Crippen molar-refractivity contribution < 1.29 is 25.2 Å². The fraction of sp³-hybridized carbons (Fsp3) is 0.778. The molecule has 0 aliphatic carbocycles. The molecule has 0 aromatic rings. The van der Waals surface area contributed by atoms with Gasteiger partial charge in [-0.25, -0.2) is 0 Å². The maximum atomic E-state index is 9.54. The summed E-state index contributed by atoms with van der Waals surface area (Å²) in [5, 5.41) is 37.3. The molecule has 1 rings (SSSR count). The van der Waals surface area contributed by atoms with Crippen molar-refractivity contribution in [2.75, 3.05) is 12.4 Å². The van der Waals surface area contributed by atoms with E-state index in [1.54, 1.807) is 0 Å². The summed E-state index contributed by atoms with van der Waals surface area (Å²) in [6.07, 6.45) is 0.341. The Hall–Kier alpha value is -0.290. The average Bonchev–Trinajstić information content (AvgIpc) is 2.25. The number of rotatable bonds is 3. The molecule has 0 unspecified atom stereocenters. The number of ether oxygens (including phenoxy) is 1. The predicted molar refractivity (Wildman–Crippen MR) is 55.1 cm³/mol. The third-order valence-electron chi connectivity index (χ3n) is 2.18. The summed E-state index contributed by atoms with van der Waals surface area (Å²) in [4.78, 5) is 0. The third kappa shape index (κ3) is 2.84. The molecule has 1 fully saturated rings. The largest absolute Gasteiger partial charge is 0.394 e. The highest BCUT2D eigenvalue weighted by Gasteiger charge is 2.43. The monoisotopic (exact) mass is 234 g/mol. The minimum absolute atomic E-state index is 0.322. The Morgan fingerprint density at radius 1 is 1.20 bits per heavy atom. The van der Waals surface area contributed by atoms with Crippen LogP contribution in [0.3, 0.4) is 0 Å². The molecule has 5 atom stereocenters. The molecule has 0 radical (unpaired) electrons. The van der Waals surface area contributed by atoms with E-state index in [1.807, 2.05) is 0 Å². The first kappa shape index (κ1) is 12.8. The fourth-order valence-corrected chi connectivity index (χ4v) is 2.18. The lowest BCUT2D eigenvalue weighted by molar-refractivity contribution is -0.205. The van der Waals surface area contributed by atoms with Gasteiger partial charge in [0.05, 0.1) is 12.4 Å². The molecule has 1 aliphatic rings. The lowest BCUT2D eigenvalue weighted by atomic mass is 10.0. The van der Waals surface area contributed by atoms with Crippen molar-refractivity contribution in [3.05, 3.63) is 0 Å². The van der Waals surface area contributed by atoms with Crippen LogP contribution in [-0.2, 0) is 4.74 Å². The lowest BCUT2D eigenvalue weighted by Gasteiger charge is -2.39. The first-order chi connectivity index (χ1) is 7.11. The SMILES string of the molecule is C#CCS[C@@H]1O[C@H](CO)[C@H](O)[C@H](O)[C@H]1O. The smallest absolute Gasteiger partial charge is 0.133 e. The van der Waals surface area contributed by atoms with Gasteiger partial charge in [-0.3, -0.25) is 0 Å². The van der Waals surface area contributed by atoms with Crippen LogP contribution >= 0.6 is 11.8 Å².